The minimum absolute atomic E-state index is 0.250. The van der Waals surface area contributed by atoms with E-state index in [9.17, 15) is 8.78 Å². The molecule has 4 atom stereocenters. The molecule has 0 spiro atoms. The van der Waals surface area contributed by atoms with Crippen LogP contribution in [0.5, 0.6) is 0 Å². The summed E-state index contributed by atoms with van der Waals surface area (Å²) in [4.78, 5) is 0. The number of fused-ring (bicyclic) bond motifs is 1. The van der Waals surface area contributed by atoms with Crippen LogP contribution in [-0.2, 0) is 0 Å². The highest BCUT2D eigenvalue weighted by Crippen LogP contribution is 2.65. The third-order valence-corrected chi connectivity index (χ3v) is 3.41. The zero-order chi connectivity index (χ0) is 9.52. The van der Waals surface area contributed by atoms with E-state index in [1.54, 1.807) is 6.92 Å². The minimum atomic E-state index is -2.34. The molecule has 0 nitrogen and oxygen atoms in total. The summed E-state index contributed by atoms with van der Waals surface area (Å²) in [6, 6.07) is 0. The summed E-state index contributed by atoms with van der Waals surface area (Å²) < 4.78 is 26.0. The molecule has 12 heavy (non-hydrogen) atoms. The van der Waals surface area contributed by atoms with Crippen molar-refractivity contribution in [2.45, 2.75) is 40.0 Å². The first-order valence-corrected chi connectivity index (χ1v) is 4.93. The number of hydrogen-bond donors (Lipinski definition) is 0. The Balaban J connectivity index is 0.000000336. The van der Waals surface area contributed by atoms with E-state index in [0.29, 0.717) is 5.92 Å². The molecule has 2 aliphatic carbocycles. The molecule has 2 fully saturated rings. The van der Waals surface area contributed by atoms with Crippen LogP contribution in [0.1, 0.15) is 34.1 Å². The quantitative estimate of drug-likeness (QED) is 0.529. The van der Waals surface area contributed by atoms with E-state index in [4.69, 9.17) is 0 Å². The van der Waals surface area contributed by atoms with Crippen LogP contribution in [0.25, 0.3) is 0 Å². The van der Waals surface area contributed by atoms with Gasteiger partial charge in [0.05, 0.1) is 0 Å². The molecule has 72 valence electrons. The molecule has 4 unspecified atom stereocenters. The van der Waals surface area contributed by atoms with Gasteiger partial charge in [0.1, 0.15) is 0 Å². The van der Waals surface area contributed by atoms with Crippen molar-refractivity contribution in [2.24, 2.45) is 23.7 Å². The summed E-state index contributed by atoms with van der Waals surface area (Å²) in [6.07, 6.45) is 0.776. The normalized spacial score (nSPS) is 47.5. The fourth-order valence-corrected chi connectivity index (χ4v) is 2.30. The van der Waals surface area contributed by atoms with Crippen LogP contribution >= 0.6 is 0 Å². The van der Waals surface area contributed by atoms with E-state index < -0.39 is 5.92 Å². The van der Waals surface area contributed by atoms with E-state index in [1.165, 1.54) is 0 Å². The first-order chi connectivity index (χ1) is 5.55. The molecule has 0 aromatic heterocycles. The van der Waals surface area contributed by atoms with Crippen LogP contribution in [0.2, 0.25) is 0 Å². The fourth-order valence-electron chi connectivity index (χ4n) is 2.30. The van der Waals surface area contributed by atoms with E-state index in [0.717, 1.165) is 6.42 Å². The fraction of sp³-hybridized carbons (Fsp3) is 1.00. The van der Waals surface area contributed by atoms with Gasteiger partial charge in [-0.1, -0.05) is 27.7 Å². The van der Waals surface area contributed by atoms with Gasteiger partial charge in [-0.15, -0.1) is 0 Å². The number of hydrogen-bond acceptors (Lipinski definition) is 0. The van der Waals surface area contributed by atoms with Gasteiger partial charge in [-0.3, -0.25) is 0 Å². The van der Waals surface area contributed by atoms with Crippen LogP contribution in [0.15, 0.2) is 0 Å². The first kappa shape index (κ1) is 9.94. The molecule has 0 radical (unpaired) electrons. The van der Waals surface area contributed by atoms with E-state index in [1.807, 2.05) is 20.8 Å². The van der Waals surface area contributed by atoms with Crippen molar-refractivity contribution in [3.05, 3.63) is 0 Å². The Hall–Kier alpha value is -0.140. The Kier molecular flexibility index (Phi) is 2.46. The van der Waals surface area contributed by atoms with Crippen molar-refractivity contribution >= 4 is 0 Å². The maximum atomic E-state index is 13.0. The Labute approximate surface area is 73.3 Å². The van der Waals surface area contributed by atoms with Gasteiger partial charge in [0.15, 0.2) is 0 Å². The maximum Gasteiger partial charge on any atom is 0.253 e. The molecule has 2 saturated carbocycles. The Morgan fingerprint density at radius 1 is 1.17 bits per heavy atom. The third-order valence-electron chi connectivity index (χ3n) is 3.41. The van der Waals surface area contributed by atoms with Gasteiger partial charge in [0.2, 0.25) is 0 Å². The zero-order valence-corrected chi connectivity index (χ0v) is 8.27. The first-order valence-electron chi connectivity index (χ1n) is 4.93. The highest BCUT2D eigenvalue weighted by Gasteiger charge is 2.67. The van der Waals surface area contributed by atoms with Gasteiger partial charge in [0, 0.05) is 11.8 Å². The highest BCUT2D eigenvalue weighted by atomic mass is 19.3. The van der Waals surface area contributed by atoms with Crippen molar-refractivity contribution in [2.75, 3.05) is 0 Å². The van der Waals surface area contributed by atoms with Crippen LogP contribution < -0.4 is 0 Å². The van der Waals surface area contributed by atoms with Gasteiger partial charge >= 0.3 is 0 Å². The lowest BCUT2D eigenvalue weighted by Crippen LogP contribution is -2.26. The lowest BCUT2D eigenvalue weighted by Gasteiger charge is -2.21. The van der Waals surface area contributed by atoms with Crippen molar-refractivity contribution in [3.63, 3.8) is 0 Å². The monoisotopic (exact) mass is 176 g/mol. The Morgan fingerprint density at radius 2 is 1.67 bits per heavy atom. The van der Waals surface area contributed by atoms with Crippen molar-refractivity contribution in [3.8, 4) is 0 Å². The molecule has 0 aromatic carbocycles. The molecule has 0 bridgehead atoms. The standard InChI is InChI=1S/C8H12F2.C2H6/c1-4-5(2)8(9,10)7-3-6(4)7;1-2/h4-7H,3H2,1-2H3;1-2H3. The Bertz CT molecular complexity index is 163. The predicted octanol–water partition coefficient (Wildman–Crippen LogP) is 3.57. The summed E-state index contributed by atoms with van der Waals surface area (Å²) in [5, 5.41) is 0. The summed E-state index contributed by atoms with van der Waals surface area (Å²) >= 11 is 0. The maximum absolute atomic E-state index is 13.0. The lowest BCUT2D eigenvalue weighted by atomic mass is 9.93. The number of alkyl halides is 2. The lowest BCUT2D eigenvalue weighted by molar-refractivity contribution is -0.0621. The number of rotatable bonds is 0. The van der Waals surface area contributed by atoms with E-state index in [-0.39, 0.29) is 17.8 Å². The van der Waals surface area contributed by atoms with Gasteiger partial charge in [0.25, 0.3) is 5.92 Å². The SMILES string of the molecule is CC.CC1C2CC2C(F)(F)C1C. The van der Waals surface area contributed by atoms with Crippen LogP contribution in [0.3, 0.4) is 0 Å². The molecule has 2 aliphatic rings. The molecule has 0 saturated heterocycles. The van der Waals surface area contributed by atoms with E-state index in [2.05, 4.69) is 0 Å². The van der Waals surface area contributed by atoms with Crippen LogP contribution in [0.4, 0.5) is 8.78 Å². The second-order valence-corrected chi connectivity index (χ2v) is 3.83. The van der Waals surface area contributed by atoms with Gasteiger partial charge < -0.3 is 0 Å². The largest absolute Gasteiger partial charge is 0.253 e. The topological polar surface area (TPSA) is 0 Å². The van der Waals surface area contributed by atoms with Gasteiger partial charge in [-0.2, -0.15) is 0 Å². The smallest absolute Gasteiger partial charge is 0.206 e. The van der Waals surface area contributed by atoms with Crippen LogP contribution in [0, 0.1) is 23.7 Å². The molecular weight excluding hydrogens is 158 g/mol. The molecule has 2 rings (SSSR count). The molecule has 2 heteroatoms. The van der Waals surface area contributed by atoms with Gasteiger partial charge in [-0.05, 0) is 18.3 Å². The zero-order valence-electron chi connectivity index (χ0n) is 8.27. The second kappa shape index (κ2) is 2.97. The third kappa shape index (κ3) is 1.16. The molecular formula is C10H18F2. The van der Waals surface area contributed by atoms with Crippen molar-refractivity contribution in [1.29, 1.82) is 0 Å². The average Bonchev–Trinajstić information content (AvgIpc) is 2.81. The van der Waals surface area contributed by atoms with Crippen molar-refractivity contribution < 1.29 is 8.78 Å². The second-order valence-electron chi connectivity index (χ2n) is 3.83. The summed E-state index contributed by atoms with van der Waals surface area (Å²) in [7, 11) is 0. The molecule has 0 heterocycles. The minimum Gasteiger partial charge on any atom is -0.206 e. The molecule has 0 amide bonds. The van der Waals surface area contributed by atoms with Crippen LogP contribution in [-0.4, -0.2) is 5.92 Å². The van der Waals surface area contributed by atoms with E-state index >= 15 is 0 Å². The molecule has 0 N–H and O–H groups in total. The highest BCUT2D eigenvalue weighted by molar-refractivity contribution is 5.09. The van der Waals surface area contributed by atoms with Crippen molar-refractivity contribution in [1.82, 2.24) is 0 Å². The molecule has 0 aromatic rings. The molecule has 0 aliphatic heterocycles. The predicted molar refractivity (Wildman–Crippen MR) is 46.2 cm³/mol. The van der Waals surface area contributed by atoms with Gasteiger partial charge in [-0.25, -0.2) is 8.78 Å². The summed E-state index contributed by atoms with van der Waals surface area (Å²) in [6.45, 7) is 7.63. The Morgan fingerprint density at radius 3 is 1.83 bits per heavy atom. The average molecular weight is 176 g/mol. The number of halogens is 2. The summed E-state index contributed by atoms with van der Waals surface area (Å²) in [5.74, 6) is -2.37. The summed E-state index contributed by atoms with van der Waals surface area (Å²) in [5.41, 5.74) is 0.